The molecule has 0 saturated carbocycles. The predicted octanol–water partition coefficient (Wildman–Crippen LogP) is 5.22. The molecule has 24 heavy (non-hydrogen) atoms. The third kappa shape index (κ3) is 4.91. The smallest absolute Gasteiger partial charge is 0.317 e. The van der Waals surface area contributed by atoms with Crippen LogP contribution in [0.15, 0.2) is 39.3 Å². The van der Waals surface area contributed by atoms with Crippen LogP contribution in [0.4, 0.5) is 0 Å². The molecule has 3 nitrogen and oxygen atoms in total. The molecule has 0 aromatic heterocycles. The molecule has 0 heterocycles. The van der Waals surface area contributed by atoms with Crippen molar-refractivity contribution >= 4 is 37.8 Å². The average molecular weight is 455 g/mol. The summed E-state index contributed by atoms with van der Waals surface area (Å²) in [5.41, 5.74) is 5.89. The van der Waals surface area contributed by atoms with Gasteiger partial charge in [0.15, 0.2) is 0 Å². The van der Waals surface area contributed by atoms with Gasteiger partial charge in [-0.15, -0.1) is 0 Å². The minimum Gasteiger partial charge on any atom is -0.480 e. The first kappa shape index (κ1) is 19.2. The van der Waals surface area contributed by atoms with Crippen LogP contribution in [-0.4, -0.2) is 22.5 Å². The van der Waals surface area contributed by atoms with Crippen LogP contribution in [0.1, 0.15) is 27.8 Å². The summed E-state index contributed by atoms with van der Waals surface area (Å²) in [7, 11) is 0. The minimum absolute atomic E-state index is 0.000527. The molecule has 5 heteroatoms. The van der Waals surface area contributed by atoms with E-state index < -0.39 is 5.97 Å². The lowest BCUT2D eigenvalue weighted by atomic mass is 9.99. The molecule has 2 aromatic carbocycles. The summed E-state index contributed by atoms with van der Waals surface area (Å²) in [6, 6.07) is 10.2. The van der Waals surface area contributed by atoms with E-state index in [9.17, 15) is 9.90 Å². The molecular weight excluding hydrogens is 434 g/mol. The Morgan fingerprint density at radius 2 is 1.50 bits per heavy atom. The van der Waals surface area contributed by atoms with Gasteiger partial charge in [0, 0.05) is 22.0 Å². The number of hydrogen-bond donors (Lipinski definition) is 1. The van der Waals surface area contributed by atoms with Gasteiger partial charge < -0.3 is 5.11 Å². The van der Waals surface area contributed by atoms with Gasteiger partial charge in [-0.1, -0.05) is 55.6 Å². The molecule has 0 radical (unpaired) electrons. The van der Waals surface area contributed by atoms with Crippen molar-refractivity contribution in [1.82, 2.24) is 4.90 Å². The monoisotopic (exact) mass is 453 g/mol. The second-order valence-electron chi connectivity index (χ2n) is 6.12. The topological polar surface area (TPSA) is 40.5 Å². The van der Waals surface area contributed by atoms with Crippen LogP contribution in [0.2, 0.25) is 0 Å². The van der Waals surface area contributed by atoms with E-state index >= 15 is 0 Å². The van der Waals surface area contributed by atoms with E-state index in [1.807, 2.05) is 23.1 Å². The standard InChI is InChI=1S/C19H21Br2NO2/c1-12-7-13(2)15(14(3)8-12)9-22(11-19(23)24)10-16-17(20)5-4-6-18(16)21/h4-8H,9-11H2,1-3H3,(H,23,24). The molecule has 0 aliphatic rings. The SMILES string of the molecule is Cc1cc(C)c(CN(CC(=O)O)Cc2c(Br)cccc2Br)c(C)c1. The maximum Gasteiger partial charge on any atom is 0.317 e. The highest BCUT2D eigenvalue weighted by atomic mass is 79.9. The number of benzene rings is 2. The van der Waals surface area contributed by atoms with Gasteiger partial charge in [0.1, 0.15) is 0 Å². The second-order valence-corrected chi connectivity index (χ2v) is 7.83. The third-order valence-electron chi connectivity index (χ3n) is 4.02. The van der Waals surface area contributed by atoms with Crippen molar-refractivity contribution in [3.8, 4) is 0 Å². The molecule has 0 aliphatic heterocycles. The van der Waals surface area contributed by atoms with Gasteiger partial charge in [-0.3, -0.25) is 9.69 Å². The number of nitrogens with zero attached hydrogens (tertiary/aromatic N) is 1. The van der Waals surface area contributed by atoms with Gasteiger partial charge in [-0.2, -0.15) is 0 Å². The van der Waals surface area contributed by atoms with Crippen LogP contribution in [0, 0.1) is 20.8 Å². The molecule has 0 bridgehead atoms. The molecular formula is C19H21Br2NO2. The van der Waals surface area contributed by atoms with Gasteiger partial charge in [-0.25, -0.2) is 0 Å². The molecule has 2 rings (SSSR count). The largest absolute Gasteiger partial charge is 0.480 e. The number of halogens is 2. The van der Waals surface area contributed by atoms with Crippen LogP contribution in [-0.2, 0) is 17.9 Å². The first-order valence-corrected chi connectivity index (χ1v) is 9.30. The fraction of sp³-hybridized carbons (Fsp3) is 0.316. The van der Waals surface area contributed by atoms with Crippen LogP contribution in [0.25, 0.3) is 0 Å². The van der Waals surface area contributed by atoms with Gasteiger partial charge in [0.05, 0.1) is 6.54 Å². The number of aliphatic carboxylic acids is 1. The van der Waals surface area contributed by atoms with Crippen molar-refractivity contribution in [2.45, 2.75) is 33.9 Å². The molecule has 0 atom stereocenters. The predicted molar refractivity (Wildman–Crippen MR) is 104 cm³/mol. The fourth-order valence-corrected chi connectivity index (χ4v) is 4.20. The van der Waals surface area contributed by atoms with Crippen molar-refractivity contribution in [2.75, 3.05) is 6.54 Å². The van der Waals surface area contributed by atoms with Crippen molar-refractivity contribution in [1.29, 1.82) is 0 Å². The Balaban J connectivity index is 2.31. The lowest BCUT2D eigenvalue weighted by Gasteiger charge is -2.24. The summed E-state index contributed by atoms with van der Waals surface area (Å²) in [6.45, 7) is 7.42. The van der Waals surface area contributed by atoms with E-state index in [4.69, 9.17) is 0 Å². The molecule has 0 spiro atoms. The van der Waals surface area contributed by atoms with Crippen molar-refractivity contribution in [3.05, 3.63) is 67.1 Å². The molecule has 1 N–H and O–H groups in total. The van der Waals surface area contributed by atoms with E-state index in [2.05, 4.69) is 64.8 Å². The zero-order valence-electron chi connectivity index (χ0n) is 14.1. The zero-order chi connectivity index (χ0) is 17.9. The highest BCUT2D eigenvalue weighted by molar-refractivity contribution is 9.11. The normalized spacial score (nSPS) is 11.1. The average Bonchev–Trinajstić information content (AvgIpc) is 2.45. The van der Waals surface area contributed by atoms with Crippen molar-refractivity contribution in [3.63, 3.8) is 0 Å². The van der Waals surface area contributed by atoms with Gasteiger partial charge in [0.25, 0.3) is 0 Å². The maximum absolute atomic E-state index is 11.3. The highest BCUT2D eigenvalue weighted by Gasteiger charge is 2.16. The van der Waals surface area contributed by atoms with Crippen LogP contribution >= 0.6 is 31.9 Å². The summed E-state index contributed by atoms with van der Waals surface area (Å²) >= 11 is 7.12. The maximum atomic E-state index is 11.3. The van der Waals surface area contributed by atoms with Crippen molar-refractivity contribution < 1.29 is 9.90 Å². The number of rotatable bonds is 6. The Morgan fingerprint density at radius 1 is 1.00 bits per heavy atom. The van der Waals surface area contributed by atoms with E-state index in [-0.39, 0.29) is 6.54 Å². The Bertz CT molecular complexity index is 716. The number of carboxylic acids is 1. The Morgan fingerprint density at radius 3 is 2.00 bits per heavy atom. The zero-order valence-corrected chi connectivity index (χ0v) is 17.2. The van der Waals surface area contributed by atoms with Crippen LogP contribution in [0.5, 0.6) is 0 Å². The number of aryl methyl sites for hydroxylation is 3. The number of hydrogen-bond acceptors (Lipinski definition) is 2. The summed E-state index contributed by atoms with van der Waals surface area (Å²) in [5.74, 6) is -0.819. The van der Waals surface area contributed by atoms with E-state index in [0.717, 1.165) is 14.5 Å². The van der Waals surface area contributed by atoms with Crippen molar-refractivity contribution in [2.24, 2.45) is 0 Å². The fourth-order valence-electron chi connectivity index (χ4n) is 2.95. The third-order valence-corrected chi connectivity index (χ3v) is 5.51. The first-order chi connectivity index (χ1) is 11.3. The lowest BCUT2D eigenvalue weighted by molar-refractivity contribution is -0.138. The lowest BCUT2D eigenvalue weighted by Crippen LogP contribution is -2.30. The van der Waals surface area contributed by atoms with Crippen LogP contribution in [0.3, 0.4) is 0 Å². The second kappa shape index (κ2) is 8.28. The Labute approximate surface area is 159 Å². The van der Waals surface area contributed by atoms with Gasteiger partial charge in [-0.05, 0) is 55.2 Å². The number of carboxylic acid groups (broad SMARTS) is 1. The molecule has 0 unspecified atom stereocenters. The molecule has 128 valence electrons. The van der Waals surface area contributed by atoms with Gasteiger partial charge in [0.2, 0.25) is 0 Å². The minimum atomic E-state index is -0.819. The highest BCUT2D eigenvalue weighted by Crippen LogP contribution is 2.27. The quantitative estimate of drug-likeness (QED) is 0.650. The Kier molecular flexibility index (Phi) is 6.61. The molecule has 0 saturated heterocycles. The van der Waals surface area contributed by atoms with E-state index in [0.29, 0.717) is 13.1 Å². The first-order valence-electron chi connectivity index (χ1n) is 7.71. The summed E-state index contributed by atoms with van der Waals surface area (Å²) in [5, 5.41) is 9.30. The Hall–Kier alpha value is -1.17. The molecule has 0 amide bonds. The van der Waals surface area contributed by atoms with Crippen LogP contribution < -0.4 is 0 Å². The number of carbonyl (C=O) groups is 1. The van der Waals surface area contributed by atoms with E-state index in [1.165, 1.54) is 22.3 Å². The molecule has 0 aliphatic carbocycles. The van der Waals surface area contributed by atoms with E-state index in [1.54, 1.807) is 0 Å². The molecule has 0 fully saturated rings. The molecule has 2 aromatic rings. The van der Waals surface area contributed by atoms with Gasteiger partial charge >= 0.3 is 5.97 Å². The summed E-state index contributed by atoms with van der Waals surface area (Å²) in [6.07, 6.45) is 0. The summed E-state index contributed by atoms with van der Waals surface area (Å²) < 4.78 is 1.95. The summed E-state index contributed by atoms with van der Waals surface area (Å²) in [4.78, 5) is 13.3.